The van der Waals surface area contributed by atoms with Gasteiger partial charge in [0, 0.05) is 12.8 Å². The van der Waals surface area contributed by atoms with E-state index < -0.39 is 24.1 Å². The smallest absolute Gasteiger partial charge is 0.303 e. The second-order valence-electron chi connectivity index (χ2n) is 24.7. The highest BCUT2D eigenvalue weighted by Gasteiger charge is 2.67. The van der Waals surface area contributed by atoms with Gasteiger partial charge in [0.2, 0.25) is 0 Å². The van der Waals surface area contributed by atoms with Crippen molar-refractivity contribution in [1.82, 2.24) is 0 Å². The van der Waals surface area contributed by atoms with Crippen molar-refractivity contribution in [1.29, 1.82) is 0 Å². The number of aliphatic hydroxyl groups excluding tert-OH is 6. The summed E-state index contributed by atoms with van der Waals surface area (Å²) in [7, 11) is 0. The Morgan fingerprint density at radius 1 is 0.597 bits per heavy atom. The molecular weight excluding hydrogens is 892 g/mol. The van der Waals surface area contributed by atoms with Gasteiger partial charge < -0.3 is 40.9 Å². The van der Waals surface area contributed by atoms with Crippen LogP contribution < -0.4 is 0 Å². The number of halogens is 2. The van der Waals surface area contributed by atoms with Gasteiger partial charge in [-0.2, -0.15) is 0 Å². The molecular formula is C55H86Cl2O10. The SMILES string of the molecule is C[C@H](CCC(=O)O)[C@H]1CC[C@H]2[C@@H]3[C@H](O)C[C@@H]4C[C@H](O)CC[C@]4(C)[C@H]3C[C@H](O)[C@]12C.C[C@H](CCC(=O)O)[C@H]1CC[C@H]2[C@@H]3[C@H](O)C[C@@H]4C[C@H](O)CC[C@]4(C)[C@H]3C[C@H](O)[C@]12C.Cc1cccc(Cl)c1Cl. The molecule has 67 heavy (non-hydrogen) atoms. The van der Waals surface area contributed by atoms with Crippen molar-refractivity contribution >= 4 is 35.1 Å². The zero-order valence-corrected chi connectivity index (χ0v) is 43.0. The highest BCUT2D eigenvalue weighted by atomic mass is 35.5. The Morgan fingerprint density at radius 3 is 1.36 bits per heavy atom. The van der Waals surface area contributed by atoms with Gasteiger partial charge in [0.25, 0.3) is 0 Å². The number of fused-ring (bicyclic) bond motifs is 10. The highest BCUT2D eigenvalue weighted by molar-refractivity contribution is 6.42. The molecule has 8 aliphatic rings. The van der Waals surface area contributed by atoms with Crippen LogP contribution in [-0.2, 0) is 9.59 Å². The third-order valence-electron chi connectivity index (χ3n) is 21.8. The molecule has 0 spiro atoms. The Balaban J connectivity index is 0.000000168. The average molecular weight is 978 g/mol. The predicted octanol–water partition coefficient (Wildman–Crippen LogP) is 10.2. The normalized spacial score (nSPS) is 47.1. The van der Waals surface area contributed by atoms with E-state index in [1.807, 2.05) is 19.1 Å². The molecule has 8 aliphatic carbocycles. The van der Waals surface area contributed by atoms with Crippen molar-refractivity contribution in [3.05, 3.63) is 33.8 Å². The van der Waals surface area contributed by atoms with E-state index in [9.17, 15) is 40.2 Å². The fraction of sp³-hybridized carbons (Fsp3) is 0.855. The van der Waals surface area contributed by atoms with Crippen LogP contribution in [0.5, 0.6) is 0 Å². The lowest BCUT2D eigenvalue weighted by Gasteiger charge is -2.63. The van der Waals surface area contributed by atoms with Crippen LogP contribution >= 0.6 is 23.2 Å². The number of benzene rings is 1. The summed E-state index contributed by atoms with van der Waals surface area (Å²) in [5, 5.41) is 85.3. The van der Waals surface area contributed by atoms with E-state index in [2.05, 4.69) is 41.5 Å². The summed E-state index contributed by atoms with van der Waals surface area (Å²) in [6.07, 6.45) is 12.0. The molecule has 22 atom stereocenters. The Kier molecular flexibility index (Phi) is 16.3. The minimum Gasteiger partial charge on any atom is -0.481 e. The van der Waals surface area contributed by atoms with Gasteiger partial charge >= 0.3 is 11.9 Å². The second kappa shape index (κ2) is 20.5. The number of hydrogen-bond acceptors (Lipinski definition) is 8. The molecule has 0 radical (unpaired) electrons. The molecule has 0 unspecified atom stereocenters. The quantitative estimate of drug-likeness (QED) is 0.124. The molecule has 1 aromatic carbocycles. The Labute approximate surface area is 411 Å². The first-order chi connectivity index (χ1) is 31.4. The van der Waals surface area contributed by atoms with Crippen LogP contribution in [0.1, 0.15) is 163 Å². The molecule has 0 aliphatic heterocycles. The molecule has 1 aromatic rings. The summed E-state index contributed by atoms with van der Waals surface area (Å²) < 4.78 is 0. The van der Waals surface area contributed by atoms with Crippen LogP contribution in [0.4, 0.5) is 0 Å². The number of carbonyl (C=O) groups is 2. The van der Waals surface area contributed by atoms with Gasteiger partial charge in [-0.3, -0.25) is 9.59 Å². The van der Waals surface area contributed by atoms with Crippen molar-refractivity contribution in [2.24, 2.45) is 92.7 Å². The van der Waals surface area contributed by atoms with Gasteiger partial charge in [0.05, 0.1) is 46.7 Å². The van der Waals surface area contributed by atoms with Crippen molar-refractivity contribution in [3.8, 4) is 0 Å². The highest BCUT2D eigenvalue weighted by Crippen LogP contribution is 2.70. The van der Waals surface area contributed by atoms with E-state index in [0.29, 0.717) is 70.2 Å². The first-order valence-corrected chi connectivity index (χ1v) is 27.1. The molecule has 0 amide bonds. The van der Waals surface area contributed by atoms with E-state index in [1.54, 1.807) is 6.07 Å². The lowest BCUT2D eigenvalue weighted by Crippen LogP contribution is -2.62. The molecule has 12 heteroatoms. The summed E-state index contributed by atoms with van der Waals surface area (Å²) in [5.74, 6) is 1.99. The number of rotatable bonds is 8. The molecule has 0 aromatic heterocycles. The van der Waals surface area contributed by atoms with Gasteiger partial charge in [0.1, 0.15) is 0 Å². The lowest BCUT2D eigenvalue weighted by atomic mass is 9.43. The molecule has 0 saturated heterocycles. The van der Waals surface area contributed by atoms with Crippen molar-refractivity contribution < 1.29 is 50.4 Å². The van der Waals surface area contributed by atoms with Crippen molar-refractivity contribution in [2.45, 2.75) is 201 Å². The molecule has 0 bridgehead atoms. The van der Waals surface area contributed by atoms with E-state index in [-0.39, 0.29) is 82.6 Å². The first kappa shape index (κ1) is 53.3. The Bertz CT molecular complexity index is 1770. The fourth-order valence-electron chi connectivity index (χ4n) is 18.0. The fourth-order valence-corrected chi connectivity index (χ4v) is 18.3. The molecule has 0 heterocycles. The molecule has 8 N–H and O–H groups in total. The molecule has 380 valence electrons. The summed E-state index contributed by atoms with van der Waals surface area (Å²) in [6, 6.07) is 5.58. The number of hydrogen-bond donors (Lipinski definition) is 8. The van der Waals surface area contributed by atoms with Crippen LogP contribution in [0.3, 0.4) is 0 Å². The second-order valence-corrected chi connectivity index (χ2v) is 25.5. The minimum atomic E-state index is -0.748. The van der Waals surface area contributed by atoms with Crippen LogP contribution in [-0.4, -0.2) is 89.4 Å². The number of aryl methyl sites for hydroxylation is 1. The van der Waals surface area contributed by atoms with Gasteiger partial charge in [-0.1, -0.05) is 76.9 Å². The predicted molar refractivity (Wildman–Crippen MR) is 261 cm³/mol. The third-order valence-corrected chi connectivity index (χ3v) is 22.7. The minimum absolute atomic E-state index is 0.0957. The Hall–Kier alpha value is -1.50. The third kappa shape index (κ3) is 9.78. The maximum atomic E-state index is 11.5. The maximum absolute atomic E-state index is 11.5. The molecule has 8 saturated carbocycles. The Morgan fingerprint density at radius 2 is 1.00 bits per heavy atom. The summed E-state index contributed by atoms with van der Waals surface area (Å²) in [4.78, 5) is 22.1. The zero-order valence-electron chi connectivity index (χ0n) is 41.5. The van der Waals surface area contributed by atoms with E-state index in [1.165, 1.54) is 0 Å². The van der Waals surface area contributed by atoms with Gasteiger partial charge in [-0.25, -0.2) is 0 Å². The topological polar surface area (TPSA) is 196 Å². The standard InChI is InChI=1S/2C24H40O5.C7H6Cl2/c2*1-13(4-7-21(28)29)16-5-6-17-22-18(12-20(27)24(16,17)3)23(2)9-8-15(25)10-14(23)11-19(22)26;1-5-3-2-4-6(8)7(5)9/h2*13-20,22,25-27H,4-12H2,1-3H3,(H,28,29);2-4H,1H3/t2*13-,14+,15-,16-,17+,18+,19-,20+,22+,23+,24-;/m11./s1. The van der Waals surface area contributed by atoms with E-state index in [4.69, 9.17) is 33.4 Å². The van der Waals surface area contributed by atoms with Gasteiger partial charge in [-0.05, 0) is 214 Å². The van der Waals surface area contributed by atoms with E-state index in [0.717, 1.165) is 95.5 Å². The molecule has 9 rings (SSSR count). The van der Waals surface area contributed by atoms with Crippen LogP contribution in [0.2, 0.25) is 10.0 Å². The monoisotopic (exact) mass is 977 g/mol. The summed E-state index contributed by atoms with van der Waals surface area (Å²) >= 11 is 11.4. The molecule has 10 nitrogen and oxygen atoms in total. The lowest BCUT2D eigenvalue weighted by molar-refractivity contribution is -0.207. The van der Waals surface area contributed by atoms with E-state index >= 15 is 0 Å². The number of aliphatic hydroxyl groups is 6. The maximum Gasteiger partial charge on any atom is 0.303 e. The zero-order chi connectivity index (χ0) is 49.1. The van der Waals surface area contributed by atoms with Crippen LogP contribution in [0.25, 0.3) is 0 Å². The average Bonchev–Trinajstić information content (AvgIpc) is 3.82. The number of aliphatic carboxylic acids is 2. The summed E-state index contributed by atoms with van der Waals surface area (Å²) in [6.45, 7) is 15.4. The van der Waals surface area contributed by atoms with Gasteiger partial charge in [0.15, 0.2) is 0 Å². The number of carboxylic acids is 2. The van der Waals surface area contributed by atoms with Crippen LogP contribution in [0.15, 0.2) is 18.2 Å². The largest absolute Gasteiger partial charge is 0.481 e. The van der Waals surface area contributed by atoms with Gasteiger partial charge in [-0.15, -0.1) is 0 Å². The number of carboxylic acid groups (broad SMARTS) is 2. The first-order valence-electron chi connectivity index (χ1n) is 26.3. The van der Waals surface area contributed by atoms with Crippen LogP contribution in [0, 0.1) is 99.6 Å². The van der Waals surface area contributed by atoms with Crippen molar-refractivity contribution in [2.75, 3.05) is 0 Å². The summed E-state index contributed by atoms with van der Waals surface area (Å²) in [5.41, 5.74) is 0.732. The molecule has 8 fully saturated rings. The van der Waals surface area contributed by atoms with Crippen molar-refractivity contribution in [3.63, 3.8) is 0 Å².